The molecule has 1 aliphatic carbocycles. The summed E-state index contributed by atoms with van der Waals surface area (Å²) < 4.78 is 0. The summed E-state index contributed by atoms with van der Waals surface area (Å²) in [6.07, 6.45) is 4.40. The fourth-order valence-corrected chi connectivity index (χ4v) is 2.20. The zero-order valence-corrected chi connectivity index (χ0v) is 6.06. The Bertz CT molecular complexity index is 111. The van der Waals surface area contributed by atoms with Crippen molar-refractivity contribution in [3.63, 3.8) is 0 Å². The van der Waals surface area contributed by atoms with Crippen molar-refractivity contribution in [1.29, 1.82) is 0 Å². The minimum atomic E-state index is 0.878. The summed E-state index contributed by atoms with van der Waals surface area (Å²) in [4.78, 5) is 0. The lowest BCUT2D eigenvalue weighted by molar-refractivity contribution is 0.315. The first-order valence-electron chi connectivity index (χ1n) is 4.09. The van der Waals surface area contributed by atoms with Gasteiger partial charge in [0.15, 0.2) is 0 Å². The largest absolute Gasteiger partial charge is 0.313 e. The highest BCUT2D eigenvalue weighted by Crippen LogP contribution is 2.32. The first-order chi connectivity index (χ1) is 4.36. The molecule has 1 aliphatic heterocycles. The second-order valence-electron chi connectivity index (χ2n) is 3.67. The van der Waals surface area contributed by atoms with Crippen LogP contribution in [0.25, 0.3) is 0 Å². The predicted octanol–water partition coefficient (Wildman–Crippen LogP) is 1.39. The molecule has 1 saturated heterocycles. The van der Waals surface area contributed by atoms with Crippen molar-refractivity contribution in [2.75, 3.05) is 6.54 Å². The van der Waals surface area contributed by atoms with Gasteiger partial charge < -0.3 is 5.32 Å². The molecule has 1 heteroatoms. The van der Waals surface area contributed by atoms with E-state index in [1.165, 1.54) is 25.8 Å². The van der Waals surface area contributed by atoms with Gasteiger partial charge >= 0.3 is 0 Å². The van der Waals surface area contributed by atoms with Crippen LogP contribution in [0.15, 0.2) is 0 Å². The van der Waals surface area contributed by atoms with Crippen LogP contribution in [-0.2, 0) is 0 Å². The maximum Gasteiger partial charge on any atom is 0.00959 e. The average Bonchev–Trinajstić information content (AvgIpc) is 2.25. The molecule has 3 atom stereocenters. The van der Waals surface area contributed by atoms with Crippen LogP contribution >= 0.6 is 0 Å². The molecule has 0 aromatic carbocycles. The molecule has 2 bridgehead atoms. The fourth-order valence-electron chi connectivity index (χ4n) is 2.20. The van der Waals surface area contributed by atoms with Gasteiger partial charge in [0.05, 0.1) is 0 Å². The molecule has 2 fully saturated rings. The first kappa shape index (κ1) is 5.72. The van der Waals surface area contributed by atoms with Gasteiger partial charge in [-0.05, 0) is 37.6 Å². The highest BCUT2D eigenvalue weighted by atomic mass is 15.0. The van der Waals surface area contributed by atoms with E-state index in [1.807, 2.05) is 0 Å². The second kappa shape index (κ2) is 1.98. The quantitative estimate of drug-likeness (QED) is 0.516. The molecular weight excluding hydrogens is 110 g/mol. The molecule has 0 radical (unpaired) electrons. The predicted molar refractivity (Wildman–Crippen MR) is 38.3 cm³/mol. The molecule has 0 aromatic heterocycles. The van der Waals surface area contributed by atoms with Crippen molar-refractivity contribution in [3.05, 3.63) is 0 Å². The van der Waals surface area contributed by atoms with Crippen LogP contribution in [0.3, 0.4) is 0 Å². The Balaban J connectivity index is 2.05. The van der Waals surface area contributed by atoms with Crippen LogP contribution in [0.2, 0.25) is 0 Å². The SMILES string of the molecule is CC1CCC2CNC1C2. The zero-order valence-electron chi connectivity index (χ0n) is 6.06. The third kappa shape index (κ3) is 0.877. The topological polar surface area (TPSA) is 12.0 Å². The molecular formula is C8H15N. The molecule has 1 saturated carbocycles. The van der Waals surface area contributed by atoms with Crippen molar-refractivity contribution < 1.29 is 0 Å². The molecule has 2 rings (SSSR count). The van der Waals surface area contributed by atoms with Crippen molar-refractivity contribution >= 4 is 0 Å². The van der Waals surface area contributed by atoms with Crippen LogP contribution < -0.4 is 5.32 Å². The van der Waals surface area contributed by atoms with Crippen molar-refractivity contribution in [1.82, 2.24) is 5.32 Å². The standard InChI is InChI=1S/C8H15N/c1-6-2-3-7-4-8(6)9-5-7/h6-9H,2-5H2,1H3. The Labute approximate surface area is 56.8 Å². The Morgan fingerprint density at radius 2 is 2.22 bits per heavy atom. The molecule has 1 nitrogen and oxygen atoms in total. The zero-order chi connectivity index (χ0) is 6.27. The van der Waals surface area contributed by atoms with Crippen molar-refractivity contribution in [2.45, 2.75) is 32.2 Å². The summed E-state index contributed by atoms with van der Waals surface area (Å²) >= 11 is 0. The van der Waals surface area contributed by atoms with Crippen LogP contribution in [0, 0.1) is 11.8 Å². The summed E-state index contributed by atoms with van der Waals surface area (Å²) in [6, 6.07) is 0.878. The fraction of sp³-hybridized carbons (Fsp3) is 1.00. The van der Waals surface area contributed by atoms with Gasteiger partial charge in [0.2, 0.25) is 0 Å². The smallest absolute Gasteiger partial charge is 0.00959 e. The molecule has 1 N–H and O–H groups in total. The Kier molecular flexibility index (Phi) is 1.26. The van der Waals surface area contributed by atoms with E-state index in [4.69, 9.17) is 0 Å². The van der Waals surface area contributed by atoms with E-state index in [9.17, 15) is 0 Å². The van der Waals surface area contributed by atoms with Gasteiger partial charge in [0.25, 0.3) is 0 Å². The molecule has 52 valence electrons. The van der Waals surface area contributed by atoms with Crippen molar-refractivity contribution in [2.24, 2.45) is 11.8 Å². The van der Waals surface area contributed by atoms with Gasteiger partial charge in [0, 0.05) is 6.04 Å². The summed E-state index contributed by atoms with van der Waals surface area (Å²) in [5.41, 5.74) is 0. The number of nitrogens with one attached hydrogen (secondary N) is 1. The lowest BCUT2D eigenvalue weighted by Gasteiger charge is -2.24. The lowest BCUT2D eigenvalue weighted by atomic mass is 9.83. The second-order valence-corrected chi connectivity index (χ2v) is 3.67. The number of fused-ring (bicyclic) bond motifs is 2. The summed E-state index contributed by atoms with van der Waals surface area (Å²) in [7, 11) is 0. The number of hydrogen-bond donors (Lipinski definition) is 1. The summed E-state index contributed by atoms with van der Waals surface area (Å²) in [5, 5.41) is 3.57. The minimum absolute atomic E-state index is 0.878. The van der Waals surface area contributed by atoms with Crippen LogP contribution in [0.5, 0.6) is 0 Å². The molecule has 0 aromatic rings. The van der Waals surface area contributed by atoms with Crippen LogP contribution in [0.4, 0.5) is 0 Å². The molecule has 0 spiro atoms. The number of rotatable bonds is 0. The third-order valence-corrected chi connectivity index (χ3v) is 2.97. The Morgan fingerprint density at radius 1 is 1.33 bits per heavy atom. The van der Waals surface area contributed by atoms with E-state index in [2.05, 4.69) is 12.2 Å². The van der Waals surface area contributed by atoms with E-state index in [0.29, 0.717) is 0 Å². The van der Waals surface area contributed by atoms with Crippen LogP contribution in [0.1, 0.15) is 26.2 Å². The molecule has 0 amide bonds. The van der Waals surface area contributed by atoms with E-state index in [0.717, 1.165) is 17.9 Å². The Hall–Kier alpha value is -0.0400. The summed E-state index contributed by atoms with van der Waals surface area (Å²) in [5.74, 6) is 1.98. The number of hydrogen-bond acceptors (Lipinski definition) is 1. The van der Waals surface area contributed by atoms with Gasteiger partial charge in [-0.3, -0.25) is 0 Å². The molecule has 3 unspecified atom stereocenters. The van der Waals surface area contributed by atoms with Gasteiger partial charge in [0.1, 0.15) is 0 Å². The van der Waals surface area contributed by atoms with Gasteiger partial charge in [-0.2, -0.15) is 0 Å². The summed E-state index contributed by atoms with van der Waals surface area (Å²) in [6.45, 7) is 3.67. The van der Waals surface area contributed by atoms with E-state index < -0.39 is 0 Å². The normalized spacial score (nSPS) is 49.7. The third-order valence-electron chi connectivity index (χ3n) is 2.97. The highest BCUT2D eigenvalue weighted by Gasteiger charge is 2.32. The van der Waals surface area contributed by atoms with Gasteiger partial charge in [-0.25, -0.2) is 0 Å². The highest BCUT2D eigenvalue weighted by molar-refractivity contribution is 4.89. The van der Waals surface area contributed by atoms with Gasteiger partial charge in [-0.1, -0.05) is 6.92 Å². The van der Waals surface area contributed by atoms with E-state index >= 15 is 0 Å². The average molecular weight is 125 g/mol. The molecule has 2 aliphatic rings. The van der Waals surface area contributed by atoms with Gasteiger partial charge in [-0.15, -0.1) is 0 Å². The first-order valence-corrected chi connectivity index (χ1v) is 4.09. The van der Waals surface area contributed by atoms with Crippen molar-refractivity contribution in [3.8, 4) is 0 Å². The maximum atomic E-state index is 3.57. The lowest BCUT2D eigenvalue weighted by Crippen LogP contribution is -2.28. The molecule has 9 heavy (non-hydrogen) atoms. The minimum Gasteiger partial charge on any atom is -0.313 e. The van der Waals surface area contributed by atoms with E-state index in [1.54, 1.807) is 0 Å². The van der Waals surface area contributed by atoms with Crippen LogP contribution in [-0.4, -0.2) is 12.6 Å². The van der Waals surface area contributed by atoms with E-state index in [-0.39, 0.29) is 0 Å². The maximum absolute atomic E-state index is 3.57. The Morgan fingerprint density at radius 3 is 3.00 bits per heavy atom. The monoisotopic (exact) mass is 125 g/mol. The molecule has 1 heterocycles.